The van der Waals surface area contributed by atoms with Crippen molar-refractivity contribution in [3.63, 3.8) is 0 Å². The molecule has 0 amide bonds. The Bertz CT molecular complexity index is 1030. The van der Waals surface area contributed by atoms with Crippen LogP contribution in [0.4, 0.5) is 5.69 Å². The Morgan fingerprint density at radius 2 is 1.69 bits per heavy atom. The van der Waals surface area contributed by atoms with Gasteiger partial charge in [0.2, 0.25) is 0 Å². The number of nitrogens with zero attached hydrogens (tertiary/aromatic N) is 1. The molecule has 1 aromatic heterocycles. The van der Waals surface area contributed by atoms with Gasteiger partial charge in [-0.15, -0.1) is 0 Å². The molecule has 0 aliphatic rings. The number of hydrogen-bond acceptors (Lipinski definition) is 5. The maximum Gasteiger partial charge on any atom is 0.265 e. The molecule has 0 saturated heterocycles. The predicted molar refractivity (Wildman–Crippen MR) is 100.0 cm³/mol. The number of hydrogen-bond donors (Lipinski definition) is 1. The summed E-state index contributed by atoms with van der Waals surface area (Å²) in [5.74, 6) is 0.745. The van der Waals surface area contributed by atoms with Crippen LogP contribution in [0.2, 0.25) is 0 Å². The van der Waals surface area contributed by atoms with Crippen LogP contribution in [0.1, 0.15) is 16.8 Å². The van der Waals surface area contributed by atoms with Gasteiger partial charge < -0.3 is 9.26 Å². The molecule has 2 aromatic carbocycles. The van der Waals surface area contributed by atoms with E-state index >= 15 is 0 Å². The minimum absolute atomic E-state index is 0.0331. The number of rotatable bonds is 5. The van der Waals surface area contributed by atoms with Crippen molar-refractivity contribution in [3.05, 3.63) is 59.3 Å². The molecule has 0 atom stereocenters. The Morgan fingerprint density at radius 1 is 1.00 bits per heavy atom. The van der Waals surface area contributed by atoms with Crippen molar-refractivity contribution < 1.29 is 17.7 Å². The van der Waals surface area contributed by atoms with Gasteiger partial charge >= 0.3 is 0 Å². The summed E-state index contributed by atoms with van der Waals surface area (Å²) in [7, 11) is -2.42. The number of aromatic nitrogens is 1. The molecular weight excluding hydrogens is 352 g/mol. The molecule has 26 heavy (non-hydrogen) atoms. The minimum Gasteiger partial charge on any atom is -0.495 e. The van der Waals surface area contributed by atoms with E-state index < -0.39 is 10.0 Å². The van der Waals surface area contributed by atoms with Gasteiger partial charge in [-0.1, -0.05) is 11.2 Å². The summed E-state index contributed by atoms with van der Waals surface area (Å²) in [5.41, 5.74) is 3.77. The fourth-order valence-corrected chi connectivity index (χ4v) is 4.02. The minimum atomic E-state index is -3.85. The molecule has 0 aliphatic carbocycles. The molecule has 0 saturated carbocycles. The van der Waals surface area contributed by atoms with Crippen LogP contribution in [-0.2, 0) is 10.0 Å². The summed E-state index contributed by atoms with van der Waals surface area (Å²) in [6.45, 7) is 5.63. The van der Waals surface area contributed by atoms with E-state index in [1.54, 1.807) is 37.3 Å². The highest BCUT2D eigenvalue weighted by Crippen LogP contribution is 2.31. The number of anilines is 1. The molecule has 0 bridgehead atoms. The van der Waals surface area contributed by atoms with Gasteiger partial charge in [0.15, 0.2) is 5.76 Å². The summed E-state index contributed by atoms with van der Waals surface area (Å²) in [6.07, 6.45) is 0. The van der Waals surface area contributed by atoms with Gasteiger partial charge in [0.05, 0.1) is 12.8 Å². The zero-order valence-corrected chi connectivity index (χ0v) is 15.8. The van der Waals surface area contributed by atoms with Crippen LogP contribution < -0.4 is 9.46 Å². The summed E-state index contributed by atoms with van der Waals surface area (Å²) in [6, 6.07) is 12.1. The number of aryl methyl sites for hydroxylation is 3. The first-order valence-electron chi connectivity index (χ1n) is 8.01. The maximum atomic E-state index is 13.0. The van der Waals surface area contributed by atoms with Crippen LogP contribution in [0.3, 0.4) is 0 Å². The van der Waals surface area contributed by atoms with E-state index in [0.717, 1.165) is 11.1 Å². The van der Waals surface area contributed by atoms with Gasteiger partial charge in [-0.05, 0) is 62.2 Å². The Kier molecular flexibility index (Phi) is 4.73. The number of nitrogens with one attached hydrogen (secondary N) is 1. The molecule has 1 heterocycles. The second kappa shape index (κ2) is 6.84. The number of ether oxygens (including phenoxy) is 1. The molecule has 6 nitrogen and oxygen atoms in total. The van der Waals surface area contributed by atoms with Crippen molar-refractivity contribution in [1.82, 2.24) is 5.16 Å². The van der Waals surface area contributed by atoms with E-state index in [1.165, 1.54) is 13.2 Å². The van der Waals surface area contributed by atoms with Crippen LogP contribution in [0, 0.1) is 20.8 Å². The van der Waals surface area contributed by atoms with Crippen LogP contribution in [0.5, 0.6) is 5.75 Å². The van der Waals surface area contributed by atoms with Crippen molar-refractivity contribution in [2.75, 3.05) is 11.8 Å². The van der Waals surface area contributed by atoms with Gasteiger partial charge in [0.1, 0.15) is 10.6 Å². The van der Waals surface area contributed by atoms with Crippen LogP contribution in [0.25, 0.3) is 11.3 Å². The normalized spacial score (nSPS) is 11.4. The van der Waals surface area contributed by atoms with Gasteiger partial charge in [0.25, 0.3) is 10.0 Å². The number of methoxy groups -OCH3 is 1. The second-order valence-corrected chi connectivity index (χ2v) is 7.83. The average Bonchev–Trinajstić information content (AvgIpc) is 2.99. The molecule has 0 unspecified atom stereocenters. The lowest BCUT2D eigenvalue weighted by Gasteiger charge is -2.13. The smallest absolute Gasteiger partial charge is 0.265 e. The van der Waals surface area contributed by atoms with Crippen molar-refractivity contribution in [1.29, 1.82) is 0 Å². The first-order valence-corrected chi connectivity index (χ1v) is 9.49. The van der Waals surface area contributed by atoms with Gasteiger partial charge in [-0.3, -0.25) is 4.72 Å². The topological polar surface area (TPSA) is 81.4 Å². The number of benzene rings is 2. The highest BCUT2D eigenvalue weighted by molar-refractivity contribution is 7.92. The van der Waals surface area contributed by atoms with Crippen molar-refractivity contribution in [2.45, 2.75) is 25.7 Å². The van der Waals surface area contributed by atoms with Crippen molar-refractivity contribution in [2.24, 2.45) is 0 Å². The van der Waals surface area contributed by atoms with E-state index in [4.69, 9.17) is 9.26 Å². The third kappa shape index (κ3) is 3.72. The molecule has 0 radical (unpaired) electrons. The fraction of sp³-hybridized carbons (Fsp3) is 0.211. The Hall–Kier alpha value is -2.80. The quantitative estimate of drug-likeness (QED) is 0.730. The largest absolute Gasteiger partial charge is 0.495 e. The predicted octanol–water partition coefficient (Wildman–Crippen LogP) is 4.08. The second-order valence-electron chi connectivity index (χ2n) is 6.18. The zero-order chi connectivity index (χ0) is 18.9. The highest BCUT2D eigenvalue weighted by Gasteiger charge is 2.22. The van der Waals surface area contributed by atoms with Gasteiger partial charge in [-0.25, -0.2) is 8.42 Å². The standard InChI is InChI=1S/C19H20N2O4S/c1-12-7-13(2)9-16(8-12)21-26(22,23)19-11-15(5-6-17(19)24-4)18-10-14(3)20-25-18/h5-11,21H,1-4H3. The molecule has 136 valence electrons. The molecule has 3 rings (SSSR count). The molecule has 3 aromatic rings. The van der Waals surface area contributed by atoms with E-state index in [0.29, 0.717) is 22.7 Å². The Morgan fingerprint density at radius 3 is 2.27 bits per heavy atom. The van der Waals surface area contributed by atoms with Crippen LogP contribution >= 0.6 is 0 Å². The lowest BCUT2D eigenvalue weighted by molar-refractivity contribution is 0.402. The lowest BCUT2D eigenvalue weighted by Crippen LogP contribution is -2.14. The third-order valence-corrected chi connectivity index (χ3v) is 5.24. The first kappa shape index (κ1) is 18.0. The maximum absolute atomic E-state index is 13.0. The van der Waals surface area contributed by atoms with E-state index in [2.05, 4.69) is 9.88 Å². The van der Waals surface area contributed by atoms with Gasteiger partial charge in [0, 0.05) is 17.3 Å². The highest BCUT2D eigenvalue weighted by atomic mass is 32.2. The van der Waals surface area contributed by atoms with Crippen LogP contribution in [0.15, 0.2) is 51.9 Å². The lowest BCUT2D eigenvalue weighted by atomic mass is 10.1. The van der Waals surface area contributed by atoms with E-state index in [-0.39, 0.29) is 10.6 Å². The third-order valence-electron chi connectivity index (χ3n) is 3.84. The molecule has 1 N–H and O–H groups in total. The molecule has 0 spiro atoms. The van der Waals surface area contributed by atoms with Crippen molar-refractivity contribution >= 4 is 15.7 Å². The summed E-state index contributed by atoms with van der Waals surface area (Å²) in [4.78, 5) is 0.0331. The van der Waals surface area contributed by atoms with E-state index in [9.17, 15) is 8.42 Å². The van der Waals surface area contributed by atoms with Gasteiger partial charge in [-0.2, -0.15) is 0 Å². The SMILES string of the molecule is COc1ccc(-c2cc(C)no2)cc1S(=O)(=O)Nc1cc(C)cc(C)c1. The van der Waals surface area contributed by atoms with E-state index in [1.807, 2.05) is 19.9 Å². The Labute approximate surface area is 152 Å². The Balaban J connectivity index is 2.05. The monoisotopic (exact) mass is 372 g/mol. The molecule has 7 heteroatoms. The summed E-state index contributed by atoms with van der Waals surface area (Å²) in [5, 5.41) is 3.84. The fourth-order valence-electron chi connectivity index (χ4n) is 2.78. The van der Waals surface area contributed by atoms with Crippen molar-refractivity contribution in [3.8, 4) is 17.1 Å². The van der Waals surface area contributed by atoms with Crippen LogP contribution in [-0.4, -0.2) is 20.7 Å². The first-order chi connectivity index (χ1) is 12.3. The number of sulfonamides is 1. The summed E-state index contributed by atoms with van der Waals surface area (Å²) >= 11 is 0. The zero-order valence-electron chi connectivity index (χ0n) is 15.0. The molecule has 0 fully saturated rings. The summed E-state index contributed by atoms with van der Waals surface area (Å²) < 4.78 is 39.0. The average molecular weight is 372 g/mol. The molecule has 0 aliphatic heterocycles. The molecular formula is C19H20N2O4S.